The lowest BCUT2D eigenvalue weighted by molar-refractivity contribution is -0.141. The molecular formula is C17H24O5. The number of aryl methyl sites for hydroxylation is 1. The molecular weight excluding hydrogens is 284 g/mol. The molecule has 1 rings (SSSR count). The van der Waals surface area contributed by atoms with E-state index in [0.29, 0.717) is 26.1 Å². The summed E-state index contributed by atoms with van der Waals surface area (Å²) >= 11 is 0. The molecule has 122 valence electrons. The number of ether oxygens (including phenoxy) is 3. The zero-order chi connectivity index (χ0) is 16.2. The van der Waals surface area contributed by atoms with Gasteiger partial charge in [0.2, 0.25) is 0 Å². The highest BCUT2D eigenvalue weighted by Crippen LogP contribution is 2.20. The Bertz CT molecular complexity index is 470. The van der Waals surface area contributed by atoms with Crippen LogP contribution >= 0.6 is 0 Å². The van der Waals surface area contributed by atoms with Crippen molar-refractivity contribution in [2.24, 2.45) is 0 Å². The number of carbonyl (C=O) groups excluding carboxylic acids is 2. The normalized spacial score (nSPS) is 10.1. The number of hydrogen-bond donors (Lipinski definition) is 0. The van der Waals surface area contributed by atoms with Gasteiger partial charge >= 0.3 is 11.9 Å². The first kappa shape index (κ1) is 18.0. The molecule has 0 N–H and O–H groups in total. The first-order chi connectivity index (χ1) is 10.6. The van der Waals surface area contributed by atoms with Crippen molar-refractivity contribution in [2.75, 3.05) is 20.3 Å². The van der Waals surface area contributed by atoms with Crippen molar-refractivity contribution in [3.05, 3.63) is 29.8 Å². The van der Waals surface area contributed by atoms with E-state index < -0.39 is 0 Å². The van der Waals surface area contributed by atoms with Gasteiger partial charge in [-0.05, 0) is 37.3 Å². The number of hydrogen-bond acceptors (Lipinski definition) is 5. The van der Waals surface area contributed by atoms with Crippen LogP contribution in [-0.4, -0.2) is 32.3 Å². The van der Waals surface area contributed by atoms with E-state index in [1.165, 1.54) is 14.0 Å². The molecule has 0 aliphatic rings. The Morgan fingerprint density at radius 1 is 1.05 bits per heavy atom. The fourth-order valence-corrected chi connectivity index (χ4v) is 1.97. The molecule has 0 radical (unpaired) electrons. The van der Waals surface area contributed by atoms with Gasteiger partial charge in [0.15, 0.2) is 0 Å². The lowest BCUT2D eigenvalue weighted by Crippen LogP contribution is -2.05. The van der Waals surface area contributed by atoms with Gasteiger partial charge in [-0.15, -0.1) is 0 Å². The SMILES string of the molecule is COC(=O)CCc1ccccc1OCCCCCOC(C)=O. The number of unbranched alkanes of at least 4 members (excludes halogenated alkanes) is 2. The molecule has 0 saturated heterocycles. The summed E-state index contributed by atoms with van der Waals surface area (Å²) in [6.07, 6.45) is 3.63. The molecule has 0 spiro atoms. The van der Waals surface area contributed by atoms with E-state index in [9.17, 15) is 9.59 Å². The molecule has 5 nitrogen and oxygen atoms in total. The van der Waals surface area contributed by atoms with E-state index in [2.05, 4.69) is 4.74 Å². The molecule has 0 aromatic heterocycles. The molecule has 1 aromatic rings. The maximum atomic E-state index is 11.2. The van der Waals surface area contributed by atoms with Crippen molar-refractivity contribution in [3.63, 3.8) is 0 Å². The van der Waals surface area contributed by atoms with E-state index in [1.54, 1.807) is 0 Å². The van der Waals surface area contributed by atoms with Crippen LogP contribution in [0.2, 0.25) is 0 Å². The highest BCUT2D eigenvalue weighted by molar-refractivity contribution is 5.69. The standard InChI is InChI=1S/C17H24O5/c1-14(18)21-12-6-3-7-13-22-16-9-5-4-8-15(16)10-11-17(19)20-2/h4-5,8-9H,3,6-7,10-13H2,1-2H3. The summed E-state index contributed by atoms with van der Waals surface area (Å²) in [5.74, 6) is 0.349. The minimum atomic E-state index is -0.240. The molecule has 5 heteroatoms. The molecule has 0 aliphatic carbocycles. The van der Waals surface area contributed by atoms with Crippen LogP contribution in [0.4, 0.5) is 0 Å². The van der Waals surface area contributed by atoms with E-state index in [-0.39, 0.29) is 11.9 Å². The van der Waals surface area contributed by atoms with Gasteiger partial charge in [-0.3, -0.25) is 9.59 Å². The topological polar surface area (TPSA) is 61.8 Å². The fourth-order valence-electron chi connectivity index (χ4n) is 1.97. The lowest BCUT2D eigenvalue weighted by Gasteiger charge is -2.11. The predicted molar refractivity (Wildman–Crippen MR) is 82.8 cm³/mol. The number of rotatable bonds is 10. The van der Waals surface area contributed by atoms with Crippen molar-refractivity contribution in [1.82, 2.24) is 0 Å². The Morgan fingerprint density at radius 3 is 2.50 bits per heavy atom. The third-order valence-corrected chi connectivity index (χ3v) is 3.15. The Kier molecular flexibility index (Phi) is 8.72. The molecule has 0 saturated carbocycles. The zero-order valence-corrected chi connectivity index (χ0v) is 13.3. The summed E-state index contributed by atoms with van der Waals surface area (Å²) < 4.78 is 15.3. The lowest BCUT2D eigenvalue weighted by atomic mass is 10.1. The Labute approximate surface area is 131 Å². The largest absolute Gasteiger partial charge is 0.493 e. The molecule has 0 heterocycles. The summed E-state index contributed by atoms with van der Waals surface area (Å²) in [6.45, 7) is 2.48. The van der Waals surface area contributed by atoms with Crippen molar-refractivity contribution < 1.29 is 23.8 Å². The van der Waals surface area contributed by atoms with Crippen LogP contribution in [0.1, 0.15) is 38.2 Å². The molecule has 0 aliphatic heterocycles. The molecule has 22 heavy (non-hydrogen) atoms. The molecule has 1 aromatic carbocycles. The minimum absolute atomic E-state index is 0.222. The fraction of sp³-hybridized carbons (Fsp3) is 0.529. The van der Waals surface area contributed by atoms with Gasteiger partial charge in [-0.25, -0.2) is 0 Å². The third-order valence-electron chi connectivity index (χ3n) is 3.15. The van der Waals surface area contributed by atoms with Crippen LogP contribution in [0.3, 0.4) is 0 Å². The zero-order valence-electron chi connectivity index (χ0n) is 13.3. The second-order valence-corrected chi connectivity index (χ2v) is 4.93. The van der Waals surface area contributed by atoms with Crippen molar-refractivity contribution in [3.8, 4) is 5.75 Å². The van der Waals surface area contributed by atoms with Crippen LogP contribution in [0.15, 0.2) is 24.3 Å². The second-order valence-electron chi connectivity index (χ2n) is 4.93. The maximum Gasteiger partial charge on any atom is 0.305 e. The number of para-hydroxylation sites is 1. The Hall–Kier alpha value is -2.04. The van der Waals surface area contributed by atoms with E-state index in [1.807, 2.05) is 24.3 Å². The van der Waals surface area contributed by atoms with Crippen LogP contribution in [0.5, 0.6) is 5.75 Å². The summed E-state index contributed by atoms with van der Waals surface area (Å²) in [5, 5.41) is 0. The first-order valence-electron chi connectivity index (χ1n) is 7.54. The maximum absolute atomic E-state index is 11.2. The highest BCUT2D eigenvalue weighted by Gasteiger charge is 2.06. The van der Waals surface area contributed by atoms with Gasteiger partial charge in [0.1, 0.15) is 5.75 Å². The third kappa shape index (κ3) is 7.67. The van der Waals surface area contributed by atoms with Crippen LogP contribution in [0.25, 0.3) is 0 Å². The predicted octanol–water partition coefficient (Wildman–Crippen LogP) is 2.90. The minimum Gasteiger partial charge on any atom is -0.493 e. The van der Waals surface area contributed by atoms with Crippen molar-refractivity contribution in [1.29, 1.82) is 0 Å². The highest BCUT2D eigenvalue weighted by atomic mass is 16.5. The van der Waals surface area contributed by atoms with Gasteiger partial charge in [0.05, 0.1) is 20.3 Å². The van der Waals surface area contributed by atoms with E-state index >= 15 is 0 Å². The average molecular weight is 308 g/mol. The van der Waals surface area contributed by atoms with Gasteiger partial charge in [-0.2, -0.15) is 0 Å². The summed E-state index contributed by atoms with van der Waals surface area (Å²) in [6, 6.07) is 7.71. The smallest absolute Gasteiger partial charge is 0.305 e. The van der Waals surface area contributed by atoms with Crippen LogP contribution in [0, 0.1) is 0 Å². The molecule has 0 amide bonds. The second kappa shape index (κ2) is 10.7. The van der Waals surface area contributed by atoms with E-state index in [0.717, 1.165) is 30.6 Å². The van der Waals surface area contributed by atoms with Crippen molar-refractivity contribution >= 4 is 11.9 Å². The molecule has 0 unspecified atom stereocenters. The first-order valence-corrected chi connectivity index (χ1v) is 7.54. The number of esters is 2. The Morgan fingerprint density at radius 2 is 1.77 bits per heavy atom. The van der Waals surface area contributed by atoms with Gasteiger partial charge in [-0.1, -0.05) is 18.2 Å². The number of benzene rings is 1. The van der Waals surface area contributed by atoms with Crippen molar-refractivity contribution in [2.45, 2.75) is 39.0 Å². The Balaban J connectivity index is 2.27. The van der Waals surface area contributed by atoms with E-state index in [4.69, 9.17) is 9.47 Å². The van der Waals surface area contributed by atoms with Crippen LogP contribution < -0.4 is 4.74 Å². The van der Waals surface area contributed by atoms with Gasteiger partial charge in [0.25, 0.3) is 0 Å². The average Bonchev–Trinajstić information content (AvgIpc) is 2.52. The molecule has 0 bridgehead atoms. The monoisotopic (exact) mass is 308 g/mol. The summed E-state index contributed by atoms with van der Waals surface area (Å²) in [7, 11) is 1.39. The summed E-state index contributed by atoms with van der Waals surface area (Å²) in [5.41, 5.74) is 1.01. The van der Waals surface area contributed by atoms with Gasteiger partial charge < -0.3 is 14.2 Å². The van der Waals surface area contributed by atoms with Crippen LogP contribution in [-0.2, 0) is 25.5 Å². The quantitative estimate of drug-likeness (QED) is 0.491. The number of methoxy groups -OCH3 is 1. The van der Waals surface area contributed by atoms with Gasteiger partial charge in [0, 0.05) is 13.3 Å². The molecule has 0 atom stereocenters. The number of carbonyl (C=O) groups is 2. The molecule has 0 fully saturated rings. The summed E-state index contributed by atoms with van der Waals surface area (Å²) in [4.78, 5) is 21.8.